The lowest BCUT2D eigenvalue weighted by Crippen LogP contribution is -2.66. The van der Waals surface area contributed by atoms with Crippen molar-refractivity contribution < 1.29 is 32.7 Å². The van der Waals surface area contributed by atoms with Crippen LogP contribution in [-0.4, -0.2) is 62.8 Å². The standard InChI is InChI=1S/C34H35F2N5O5/c1-32(2,3)46-31(45)41-17-26(20-11-22(35)14-23(36)12-20)40(30(44)33(41,4)5)18-27(42)38-24-9-8-19-15-34(16-21(19)13-24)25-7-6-10-37-28(25)39-29(34)43/h6-14,26H,15-18H2,1-5H3,(H,38,42)(H,37,39,43)/t26-,34-/m1/s1. The minimum atomic E-state index is -1.43. The summed E-state index contributed by atoms with van der Waals surface area (Å²) in [7, 11) is 0. The fourth-order valence-electron chi connectivity index (χ4n) is 6.66. The van der Waals surface area contributed by atoms with Gasteiger partial charge in [0.05, 0.1) is 11.5 Å². The quantitative estimate of drug-likeness (QED) is 0.423. The van der Waals surface area contributed by atoms with Gasteiger partial charge in [0.25, 0.3) is 0 Å². The fraction of sp³-hybridized carbons (Fsp3) is 0.382. The second-order valence-corrected chi connectivity index (χ2v) is 13.6. The molecule has 46 heavy (non-hydrogen) atoms. The molecule has 2 aromatic carbocycles. The lowest BCUT2D eigenvalue weighted by molar-refractivity contribution is -0.155. The third-order valence-electron chi connectivity index (χ3n) is 8.85. The summed E-state index contributed by atoms with van der Waals surface area (Å²) in [5.41, 5.74) is 0.231. The Bertz CT molecular complexity index is 1770. The predicted octanol–water partition coefficient (Wildman–Crippen LogP) is 4.89. The Morgan fingerprint density at radius 3 is 2.43 bits per heavy atom. The summed E-state index contributed by atoms with van der Waals surface area (Å²) in [6.07, 6.45) is 1.80. The van der Waals surface area contributed by atoms with Gasteiger partial charge in [-0.05, 0) is 94.5 Å². The largest absolute Gasteiger partial charge is 0.444 e. The van der Waals surface area contributed by atoms with E-state index in [1.165, 1.54) is 23.6 Å². The minimum Gasteiger partial charge on any atom is -0.444 e. The number of carbonyl (C=O) groups excluding carboxylic acids is 4. The number of carbonyl (C=O) groups is 4. The number of halogens is 2. The van der Waals surface area contributed by atoms with Gasteiger partial charge < -0.3 is 20.3 Å². The lowest BCUT2D eigenvalue weighted by Gasteiger charge is -2.49. The molecule has 1 aliphatic carbocycles. The van der Waals surface area contributed by atoms with E-state index in [-0.39, 0.29) is 18.0 Å². The van der Waals surface area contributed by atoms with E-state index in [1.807, 2.05) is 18.2 Å². The predicted molar refractivity (Wildman–Crippen MR) is 165 cm³/mol. The molecule has 0 unspecified atom stereocenters. The van der Waals surface area contributed by atoms with Crippen LogP contribution >= 0.6 is 0 Å². The number of nitrogens with zero attached hydrogens (tertiary/aromatic N) is 3. The van der Waals surface area contributed by atoms with E-state index in [1.54, 1.807) is 39.1 Å². The number of benzene rings is 2. The monoisotopic (exact) mass is 631 g/mol. The van der Waals surface area contributed by atoms with Crippen molar-refractivity contribution in [1.29, 1.82) is 0 Å². The van der Waals surface area contributed by atoms with E-state index < -0.39 is 58.7 Å². The van der Waals surface area contributed by atoms with Gasteiger partial charge in [-0.3, -0.25) is 19.3 Å². The lowest BCUT2D eigenvalue weighted by atomic mass is 9.79. The number of rotatable bonds is 4. The topological polar surface area (TPSA) is 121 Å². The molecule has 3 heterocycles. The van der Waals surface area contributed by atoms with Crippen molar-refractivity contribution in [2.24, 2.45) is 0 Å². The van der Waals surface area contributed by atoms with Gasteiger partial charge in [-0.15, -0.1) is 0 Å². The van der Waals surface area contributed by atoms with Crippen LogP contribution < -0.4 is 10.6 Å². The number of fused-ring (bicyclic) bond motifs is 3. The molecular formula is C34H35F2N5O5. The molecule has 3 aromatic rings. The normalized spacial score (nSPS) is 21.6. The smallest absolute Gasteiger partial charge is 0.411 e. The van der Waals surface area contributed by atoms with Gasteiger partial charge in [0.1, 0.15) is 35.1 Å². The highest BCUT2D eigenvalue weighted by Gasteiger charge is 2.52. The molecular weight excluding hydrogens is 596 g/mol. The van der Waals surface area contributed by atoms with Crippen LogP contribution in [0.1, 0.15) is 62.9 Å². The zero-order valence-electron chi connectivity index (χ0n) is 26.2. The number of pyridine rings is 1. The Balaban J connectivity index is 1.25. The van der Waals surface area contributed by atoms with Crippen LogP contribution in [0.25, 0.3) is 0 Å². The van der Waals surface area contributed by atoms with Crippen LogP contribution in [0.5, 0.6) is 0 Å². The molecule has 240 valence electrons. The minimum absolute atomic E-state index is 0.0927. The summed E-state index contributed by atoms with van der Waals surface area (Å²) in [6.45, 7) is 7.54. The van der Waals surface area contributed by atoms with E-state index in [2.05, 4.69) is 15.6 Å². The maximum Gasteiger partial charge on any atom is 0.411 e. The average Bonchev–Trinajstić information content (AvgIpc) is 3.46. The SMILES string of the molecule is CC(C)(C)OC(=O)N1C[C@H](c2cc(F)cc(F)c2)N(CC(=O)Nc2ccc3c(c2)C[C@@]2(C3)C(=O)Nc3ncccc32)C(=O)C1(C)C. The molecule has 0 radical (unpaired) electrons. The Morgan fingerprint density at radius 1 is 1.04 bits per heavy atom. The highest BCUT2D eigenvalue weighted by atomic mass is 19.1. The van der Waals surface area contributed by atoms with Crippen LogP contribution in [0.15, 0.2) is 54.7 Å². The molecule has 1 aromatic heterocycles. The molecule has 1 fully saturated rings. The molecule has 4 amide bonds. The first-order valence-electron chi connectivity index (χ1n) is 15.0. The van der Waals surface area contributed by atoms with Crippen LogP contribution in [0.2, 0.25) is 0 Å². The summed E-state index contributed by atoms with van der Waals surface area (Å²) in [5, 5.41) is 5.71. The van der Waals surface area contributed by atoms with Crippen molar-refractivity contribution in [1.82, 2.24) is 14.8 Å². The number of hydrogen-bond acceptors (Lipinski definition) is 6. The van der Waals surface area contributed by atoms with Gasteiger partial charge in [0.2, 0.25) is 17.7 Å². The van der Waals surface area contributed by atoms with E-state index >= 15 is 0 Å². The second kappa shape index (κ2) is 10.9. The molecule has 2 aliphatic heterocycles. The molecule has 2 atom stereocenters. The van der Waals surface area contributed by atoms with Crippen molar-refractivity contribution in [2.45, 2.75) is 70.1 Å². The van der Waals surface area contributed by atoms with E-state index in [0.29, 0.717) is 30.4 Å². The van der Waals surface area contributed by atoms with Crippen LogP contribution in [0.3, 0.4) is 0 Å². The first kappa shape index (κ1) is 31.1. The van der Waals surface area contributed by atoms with Gasteiger partial charge >= 0.3 is 6.09 Å². The van der Waals surface area contributed by atoms with Crippen molar-refractivity contribution in [3.8, 4) is 0 Å². The van der Waals surface area contributed by atoms with Gasteiger partial charge in [0.15, 0.2) is 0 Å². The number of amides is 4. The molecule has 1 saturated heterocycles. The zero-order chi connectivity index (χ0) is 33.2. The second-order valence-electron chi connectivity index (χ2n) is 13.6. The zero-order valence-corrected chi connectivity index (χ0v) is 26.2. The Kier molecular flexibility index (Phi) is 7.37. The number of ether oxygens (including phenoxy) is 1. The maximum absolute atomic E-state index is 14.4. The van der Waals surface area contributed by atoms with E-state index in [0.717, 1.165) is 28.8 Å². The van der Waals surface area contributed by atoms with E-state index in [9.17, 15) is 28.0 Å². The number of aromatic nitrogens is 1. The Labute approximate surface area is 265 Å². The number of piperazine rings is 1. The van der Waals surface area contributed by atoms with Crippen LogP contribution in [0.4, 0.5) is 25.1 Å². The number of anilines is 2. The summed E-state index contributed by atoms with van der Waals surface area (Å²) in [6, 6.07) is 11.0. The third-order valence-corrected chi connectivity index (χ3v) is 8.85. The van der Waals surface area contributed by atoms with Crippen molar-refractivity contribution in [3.05, 3.63) is 88.6 Å². The molecule has 1 spiro atoms. The van der Waals surface area contributed by atoms with Crippen molar-refractivity contribution >= 4 is 35.3 Å². The van der Waals surface area contributed by atoms with Gasteiger partial charge in [-0.1, -0.05) is 12.1 Å². The highest BCUT2D eigenvalue weighted by Crippen LogP contribution is 2.47. The Morgan fingerprint density at radius 2 is 1.74 bits per heavy atom. The van der Waals surface area contributed by atoms with Crippen molar-refractivity contribution in [2.75, 3.05) is 23.7 Å². The molecule has 12 heteroatoms. The fourth-order valence-corrected chi connectivity index (χ4v) is 6.66. The first-order valence-corrected chi connectivity index (χ1v) is 15.0. The molecule has 3 aliphatic rings. The van der Waals surface area contributed by atoms with Gasteiger partial charge in [0, 0.05) is 30.1 Å². The third kappa shape index (κ3) is 5.45. The van der Waals surface area contributed by atoms with Gasteiger partial charge in [-0.25, -0.2) is 18.6 Å². The summed E-state index contributed by atoms with van der Waals surface area (Å²) < 4.78 is 34.3. The number of nitrogens with one attached hydrogen (secondary N) is 2. The summed E-state index contributed by atoms with van der Waals surface area (Å²) in [5.74, 6) is -2.41. The molecule has 0 bridgehead atoms. The summed E-state index contributed by atoms with van der Waals surface area (Å²) in [4.78, 5) is 60.5. The van der Waals surface area contributed by atoms with E-state index in [4.69, 9.17) is 4.74 Å². The Hall–Kier alpha value is -4.87. The number of hydrogen-bond donors (Lipinski definition) is 2. The molecule has 10 nitrogen and oxygen atoms in total. The maximum atomic E-state index is 14.4. The molecule has 6 rings (SSSR count). The van der Waals surface area contributed by atoms with Crippen molar-refractivity contribution in [3.63, 3.8) is 0 Å². The average molecular weight is 632 g/mol. The van der Waals surface area contributed by atoms with Crippen LogP contribution in [0, 0.1) is 11.6 Å². The van der Waals surface area contributed by atoms with Crippen LogP contribution in [-0.2, 0) is 37.4 Å². The van der Waals surface area contributed by atoms with Gasteiger partial charge in [-0.2, -0.15) is 0 Å². The summed E-state index contributed by atoms with van der Waals surface area (Å²) >= 11 is 0. The first-order chi connectivity index (χ1) is 21.6. The highest BCUT2D eigenvalue weighted by molar-refractivity contribution is 6.06. The molecule has 2 N–H and O–H groups in total. The molecule has 0 saturated carbocycles.